The van der Waals surface area contributed by atoms with Crippen molar-refractivity contribution in [2.75, 3.05) is 0 Å². The highest BCUT2D eigenvalue weighted by Gasteiger charge is 2.10. The molecule has 0 aliphatic rings. The van der Waals surface area contributed by atoms with E-state index in [0.29, 0.717) is 11.6 Å². The van der Waals surface area contributed by atoms with Gasteiger partial charge in [0.05, 0.1) is 5.69 Å². The van der Waals surface area contributed by atoms with E-state index in [0.717, 1.165) is 22.7 Å². The van der Waals surface area contributed by atoms with Crippen LogP contribution >= 0.6 is 11.6 Å². The van der Waals surface area contributed by atoms with Gasteiger partial charge in [-0.3, -0.25) is 0 Å². The molecule has 0 radical (unpaired) electrons. The third-order valence-corrected chi connectivity index (χ3v) is 3.49. The summed E-state index contributed by atoms with van der Waals surface area (Å²) < 4.78 is 7.82. The zero-order chi connectivity index (χ0) is 14.8. The van der Waals surface area contributed by atoms with Crippen molar-refractivity contribution >= 4 is 17.2 Å². The van der Waals surface area contributed by atoms with Crippen molar-refractivity contribution in [2.45, 2.75) is 19.6 Å². The Hall–Kier alpha value is -2.04. The Balaban J connectivity index is 1.81. The van der Waals surface area contributed by atoms with E-state index in [1.807, 2.05) is 54.0 Å². The topological polar surface area (TPSA) is 52.5 Å². The average Bonchev–Trinajstić information content (AvgIpc) is 2.88. The largest absolute Gasteiger partial charge is 0.487 e. The standard InChI is InChI=1S/C16H16ClN3O/c1-11(18)14-8-12(17)5-6-15(14)21-10-13-9-20-7-3-2-4-16(20)19-13/h2-9,11H,10,18H2,1H3. The van der Waals surface area contributed by atoms with E-state index in [4.69, 9.17) is 22.1 Å². The predicted molar refractivity (Wildman–Crippen MR) is 83.6 cm³/mol. The van der Waals surface area contributed by atoms with Crippen LogP contribution in [0.5, 0.6) is 5.75 Å². The molecule has 2 aromatic heterocycles. The Bertz CT molecular complexity index is 734. The van der Waals surface area contributed by atoms with Crippen molar-refractivity contribution in [3.8, 4) is 5.75 Å². The first kappa shape index (κ1) is 13.9. The maximum atomic E-state index is 6.00. The van der Waals surface area contributed by atoms with Crippen molar-refractivity contribution in [2.24, 2.45) is 5.73 Å². The fourth-order valence-corrected chi connectivity index (χ4v) is 2.40. The number of hydrogen-bond donors (Lipinski definition) is 1. The number of rotatable bonds is 4. The highest BCUT2D eigenvalue weighted by atomic mass is 35.5. The van der Waals surface area contributed by atoms with Gasteiger partial charge in [0.25, 0.3) is 0 Å². The summed E-state index contributed by atoms with van der Waals surface area (Å²) in [6.07, 6.45) is 3.91. The summed E-state index contributed by atoms with van der Waals surface area (Å²) in [6.45, 7) is 2.30. The van der Waals surface area contributed by atoms with Gasteiger partial charge in [-0.1, -0.05) is 17.7 Å². The summed E-state index contributed by atoms with van der Waals surface area (Å²) in [4.78, 5) is 4.50. The first-order valence-corrected chi connectivity index (χ1v) is 7.12. The lowest BCUT2D eigenvalue weighted by molar-refractivity contribution is 0.297. The molecule has 5 heteroatoms. The first-order chi connectivity index (χ1) is 10.1. The maximum absolute atomic E-state index is 6.00. The van der Waals surface area contributed by atoms with Crippen LogP contribution in [0.1, 0.15) is 24.2 Å². The number of fused-ring (bicyclic) bond motifs is 1. The molecule has 3 rings (SSSR count). The molecule has 0 saturated carbocycles. The van der Waals surface area contributed by atoms with Crippen LogP contribution in [0.4, 0.5) is 0 Å². The lowest BCUT2D eigenvalue weighted by Gasteiger charge is -2.13. The van der Waals surface area contributed by atoms with E-state index in [9.17, 15) is 0 Å². The number of nitrogens with zero attached hydrogens (tertiary/aromatic N) is 2. The van der Waals surface area contributed by atoms with E-state index in [1.54, 1.807) is 6.07 Å². The summed E-state index contributed by atoms with van der Waals surface area (Å²) >= 11 is 6.00. The van der Waals surface area contributed by atoms with Crippen LogP contribution < -0.4 is 10.5 Å². The molecule has 1 unspecified atom stereocenters. The second-order valence-electron chi connectivity index (χ2n) is 4.96. The quantitative estimate of drug-likeness (QED) is 0.801. The second kappa shape index (κ2) is 5.76. The zero-order valence-corrected chi connectivity index (χ0v) is 12.4. The number of hydrogen-bond acceptors (Lipinski definition) is 3. The van der Waals surface area contributed by atoms with Crippen LogP contribution in [-0.4, -0.2) is 9.38 Å². The predicted octanol–water partition coefficient (Wildman–Crippen LogP) is 3.59. The fraction of sp³-hybridized carbons (Fsp3) is 0.188. The van der Waals surface area contributed by atoms with E-state index < -0.39 is 0 Å². The smallest absolute Gasteiger partial charge is 0.137 e. The molecular formula is C16H16ClN3O. The van der Waals surface area contributed by atoms with Crippen LogP contribution in [-0.2, 0) is 6.61 Å². The highest BCUT2D eigenvalue weighted by molar-refractivity contribution is 6.30. The normalized spacial score (nSPS) is 12.5. The molecule has 0 bridgehead atoms. The summed E-state index contributed by atoms with van der Waals surface area (Å²) in [6, 6.07) is 11.2. The van der Waals surface area contributed by atoms with Crippen molar-refractivity contribution in [1.82, 2.24) is 9.38 Å². The third-order valence-electron chi connectivity index (χ3n) is 3.25. The average molecular weight is 302 g/mol. The number of imidazole rings is 1. The fourth-order valence-electron chi connectivity index (χ4n) is 2.22. The minimum atomic E-state index is -0.139. The Morgan fingerprint density at radius 2 is 2.19 bits per heavy atom. The summed E-state index contributed by atoms with van der Waals surface area (Å²) in [5.41, 5.74) is 8.62. The molecule has 0 amide bonds. The molecular weight excluding hydrogens is 286 g/mol. The lowest BCUT2D eigenvalue weighted by atomic mass is 10.1. The molecule has 0 saturated heterocycles. The second-order valence-corrected chi connectivity index (χ2v) is 5.39. The van der Waals surface area contributed by atoms with Gasteiger partial charge in [-0.25, -0.2) is 4.98 Å². The minimum Gasteiger partial charge on any atom is -0.487 e. The van der Waals surface area contributed by atoms with Gasteiger partial charge in [0, 0.05) is 29.0 Å². The van der Waals surface area contributed by atoms with Crippen molar-refractivity contribution in [1.29, 1.82) is 0 Å². The number of nitrogens with two attached hydrogens (primary N) is 1. The van der Waals surface area contributed by atoms with Gasteiger partial charge >= 0.3 is 0 Å². The van der Waals surface area contributed by atoms with Gasteiger partial charge in [-0.05, 0) is 37.3 Å². The summed E-state index contributed by atoms with van der Waals surface area (Å²) in [7, 11) is 0. The van der Waals surface area contributed by atoms with Gasteiger partial charge in [-0.15, -0.1) is 0 Å². The number of benzene rings is 1. The Kier molecular flexibility index (Phi) is 3.82. The van der Waals surface area contributed by atoms with Crippen molar-refractivity contribution in [3.05, 3.63) is 65.1 Å². The molecule has 2 N–H and O–H groups in total. The van der Waals surface area contributed by atoms with E-state index in [-0.39, 0.29) is 6.04 Å². The lowest BCUT2D eigenvalue weighted by Crippen LogP contribution is -2.08. The molecule has 0 aliphatic heterocycles. The number of aromatic nitrogens is 2. The van der Waals surface area contributed by atoms with Crippen molar-refractivity contribution in [3.63, 3.8) is 0 Å². The van der Waals surface area contributed by atoms with Crippen LogP contribution in [0.15, 0.2) is 48.8 Å². The molecule has 2 heterocycles. The van der Waals surface area contributed by atoms with Crippen molar-refractivity contribution < 1.29 is 4.74 Å². The molecule has 0 fully saturated rings. The Labute approximate surface area is 128 Å². The minimum absolute atomic E-state index is 0.139. The molecule has 0 aliphatic carbocycles. The zero-order valence-electron chi connectivity index (χ0n) is 11.7. The molecule has 4 nitrogen and oxygen atoms in total. The van der Waals surface area contributed by atoms with Crippen LogP contribution in [0.2, 0.25) is 5.02 Å². The molecule has 3 aromatic rings. The highest BCUT2D eigenvalue weighted by Crippen LogP contribution is 2.27. The molecule has 0 spiro atoms. The first-order valence-electron chi connectivity index (χ1n) is 6.74. The van der Waals surface area contributed by atoms with E-state index in [1.165, 1.54) is 0 Å². The number of pyridine rings is 1. The Morgan fingerprint density at radius 1 is 1.33 bits per heavy atom. The van der Waals surface area contributed by atoms with Gasteiger partial charge in [-0.2, -0.15) is 0 Å². The molecule has 21 heavy (non-hydrogen) atoms. The van der Waals surface area contributed by atoms with Gasteiger partial charge in [0.1, 0.15) is 18.0 Å². The SMILES string of the molecule is CC(N)c1cc(Cl)ccc1OCc1cn2ccccc2n1. The maximum Gasteiger partial charge on any atom is 0.137 e. The van der Waals surface area contributed by atoms with E-state index in [2.05, 4.69) is 4.98 Å². The summed E-state index contributed by atoms with van der Waals surface area (Å²) in [5, 5.41) is 0.655. The van der Waals surface area contributed by atoms with E-state index >= 15 is 0 Å². The van der Waals surface area contributed by atoms with Gasteiger partial charge in [0.15, 0.2) is 0 Å². The van der Waals surface area contributed by atoms with Crippen LogP contribution in [0.3, 0.4) is 0 Å². The molecule has 108 valence electrons. The number of ether oxygens (including phenoxy) is 1. The van der Waals surface area contributed by atoms with Crippen LogP contribution in [0.25, 0.3) is 5.65 Å². The monoisotopic (exact) mass is 301 g/mol. The third kappa shape index (κ3) is 3.01. The number of halogens is 1. The molecule has 1 atom stereocenters. The molecule has 1 aromatic carbocycles. The van der Waals surface area contributed by atoms with Gasteiger partial charge in [0.2, 0.25) is 0 Å². The van der Waals surface area contributed by atoms with Gasteiger partial charge < -0.3 is 14.9 Å². The Morgan fingerprint density at radius 3 is 2.95 bits per heavy atom. The summed E-state index contributed by atoms with van der Waals surface area (Å²) in [5.74, 6) is 0.742. The van der Waals surface area contributed by atoms with Crippen LogP contribution in [0, 0.1) is 0 Å².